The zero-order valence-electron chi connectivity index (χ0n) is 23.7. The van der Waals surface area contributed by atoms with Gasteiger partial charge in [-0.15, -0.1) is 0 Å². The summed E-state index contributed by atoms with van der Waals surface area (Å²) in [5, 5.41) is 0. The molecule has 0 saturated heterocycles. The van der Waals surface area contributed by atoms with E-state index in [1.54, 1.807) is 50.3 Å². The van der Waals surface area contributed by atoms with Crippen LogP contribution < -0.4 is 33.8 Å². The maximum absolute atomic E-state index is 14.1. The summed E-state index contributed by atoms with van der Waals surface area (Å²) < 4.78 is 33.8. The van der Waals surface area contributed by atoms with Crippen LogP contribution >= 0.6 is 11.3 Å². The third kappa shape index (κ3) is 5.30. The zero-order valence-corrected chi connectivity index (χ0v) is 24.5. The number of esters is 2. The van der Waals surface area contributed by atoms with E-state index in [0.29, 0.717) is 38.9 Å². The van der Waals surface area contributed by atoms with Crippen LogP contribution in [0.15, 0.2) is 51.4 Å². The van der Waals surface area contributed by atoms with E-state index < -0.39 is 23.5 Å². The van der Waals surface area contributed by atoms with E-state index >= 15 is 0 Å². The minimum Gasteiger partial charge on any atom is -0.497 e. The largest absolute Gasteiger partial charge is 0.497 e. The summed E-state index contributed by atoms with van der Waals surface area (Å²) in [7, 11) is 7.13. The fourth-order valence-corrected chi connectivity index (χ4v) is 5.68. The molecule has 4 rings (SSSR count). The molecule has 216 valence electrons. The molecule has 0 aliphatic carbocycles. The molecule has 1 aliphatic rings. The Morgan fingerprint density at radius 2 is 1.71 bits per heavy atom. The molecule has 0 amide bonds. The molecule has 3 aromatic rings. The predicted octanol–water partition coefficient (Wildman–Crippen LogP) is 2.62. The van der Waals surface area contributed by atoms with Crippen molar-refractivity contribution in [2.75, 3.05) is 42.2 Å². The van der Waals surface area contributed by atoms with Gasteiger partial charge in [0.2, 0.25) is 0 Å². The normalized spacial score (nSPS) is 14.6. The van der Waals surface area contributed by atoms with Gasteiger partial charge in [0.1, 0.15) is 23.1 Å². The van der Waals surface area contributed by atoms with Crippen molar-refractivity contribution >= 4 is 29.4 Å². The van der Waals surface area contributed by atoms with Crippen LogP contribution in [0.5, 0.6) is 23.0 Å². The van der Waals surface area contributed by atoms with Gasteiger partial charge in [-0.2, -0.15) is 0 Å². The Balaban J connectivity index is 2.03. The molecule has 2 heterocycles. The average molecular weight is 583 g/mol. The fraction of sp³-hybridized carbons (Fsp3) is 0.310. The molecule has 1 atom stereocenters. The lowest BCUT2D eigenvalue weighted by Gasteiger charge is -2.26. The number of methoxy groups -OCH3 is 5. The molecule has 41 heavy (non-hydrogen) atoms. The Kier molecular flexibility index (Phi) is 8.82. The van der Waals surface area contributed by atoms with Gasteiger partial charge in [-0.25, -0.2) is 14.6 Å². The SMILES string of the molecule is CCOC(=O)C1=C(C)N=c2s/c(=C/c3ccc(OC)c(OC)c3C(=O)OC)c(=O)n2[C@H]1c1ccc(OC)cc1OC. The molecular weight excluding hydrogens is 552 g/mol. The van der Waals surface area contributed by atoms with Crippen molar-refractivity contribution in [1.29, 1.82) is 0 Å². The Hall–Kier alpha value is -4.58. The van der Waals surface area contributed by atoms with Gasteiger partial charge in [0.15, 0.2) is 16.3 Å². The summed E-state index contributed by atoms with van der Waals surface area (Å²) in [5.74, 6) is 0.184. The quantitative estimate of drug-likeness (QED) is 0.350. The van der Waals surface area contributed by atoms with Crippen LogP contribution in [0.25, 0.3) is 6.08 Å². The van der Waals surface area contributed by atoms with Crippen LogP contribution in [0, 0.1) is 0 Å². The molecule has 0 saturated carbocycles. The average Bonchev–Trinajstić information content (AvgIpc) is 3.29. The summed E-state index contributed by atoms with van der Waals surface area (Å²) in [5.41, 5.74) is 1.18. The second-order valence-electron chi connectivity index (χ2n) is 8.67. The molecule has 12 heteroatoms. The molecule has 0 spiro atoms. The number of rotatable bonds is 9. The van der Waals surface area contributed by atoms with Crippen LogP contribution in [0.4, 0.5) is 0 Å². The number of benzene rings is 2. The van der Waals surface area contributed by atoms with E-state index in [-0.39, 0.29) is 28.0 Å². The summed E-state index contributed by atoms with van der Waals surface area (Å²) in [6, 6.07) is 7.49. The summed E-state index contributed by atoms with van der Waals surface area (Å²) in [6.45, 7) is 3.53. The van der Waals surface area contributed by atoms with E-state index in [9.17, 15) is 14.4 Å². The van der Waals surface area contributed by atoms with Crippen molar-refractivity contribution in [1.82, 2.24) is 4.57 Å². The van der Waals surface area contributed by atoms with Gasteiger partial charge in [0, 0.05) is 11.6 Å². The summed E-state index contributed by atoms with van der Waals surface area (Å²) in [6.07, 6.45) is 1.56. The lowest BCUT2D eigenvalue weighted by molar-refractivity contribution is -0.139. The zero-order chi connectivity index (χ0) is 29.8. The number of allylic oxidation sites excluding steroid dienone is 1. The fourth-order valence-electron chi connectivity index (χ4n) is 4.65. The number of fused-ring (bicyclic) bond motifs is 1. The second kappa shape index (κ2) is 12.3. The number of carbonyl (C=O) groups is 2. The molecule has 0 N–H and O–H groups in total. The van der Waals surface area contributed by atoms with Crippen LogP contribution in [-0.4, -0.2) is 58.7 Å². The number of ether oxygens (including phenoxy) is 6. The molecule has 0 fully saturated rings. The molecule has 0 radical (unpaired) electrons. The summed E-state index contributed by atoms with van der Waals surface area (Å²) in [4.78, 5) is 45.0. The number of carbonyl (C=O) groups excluding carboxylic acids is 2. The third-order valence-corrected chi connectivity index (χ3v) is 7.49. The van der Waals surface area contributed by atoms with Gasteiger partial charge in [0.05, 0.1) is 58.0 Å². The maximum atomic E-state index is 14.1. The van der Waals surface area contributed by atoms with Crippen molar-refractivity contribution in [3.63, 3.8) is 0 Å². The topological polar surface area (TPSA) is 124 Å². The third-order valence-electron chi connectivity index (χ3n) is 6.51. The Morgan fingerprint density at radius 3 is 2.32 bits per heavy atom. The van der Waals surface area contributed by atoms with Crippen LogP contribution in [0.3, 0.4) is 0 Å². The highest BCUT2D eigenvalue weighted by Crippen LogP contribution is 2.38. The van der Waals surface area contributed by atoms with Crippen molar-refractivity contribution in [2.45, 2.75) is 19.9 Å². The first-order chi connectivity index (χ1) is 19.7. The van der Waals surface area contributed by atoms with E-state index in [1.165, 1.54) is 40.1 Å². The highest BCUT2D eigenvalue weighted by atomic mass is 32.1. The van der Waals surface area contributed by atoms with Gasteiger partial charge >= 0.3 is 11.9 Å². The smallest absolute Gasteiger partial charge is 0.342 e. The molecule has 0 bridgehead atoms. The Morgan fingerprint density at radius 1 is 0.976 bits per heavy atom. The minimum atomic E-state index is -0.904. The van der Waals surface area contributed by atoms with E-state index in [0.717, 1.165) is 11.3 Å². The second-order valence-corrected chi connectivity index (χ2v) is 9.68. The molecule has 1 aliphatic heterocycles. The van der Waals surface area contributed by atoms with E-state index in [2.05, 4.69) is 4.99 Å². The van der Waals surface area contributed by atoms with Gasteiger partial charge in [-0.3, -0.25) is 9.36 Å². The van der Waals surface area contributed by atoms with Crippen LogP contribution in [-0.2, 0) is 14.3 Å². The molecule has 11 nitrogen and oxygen atoms in total. The molecule has 0 unspecified atom stereocenters. The first-order valence-corrected chi connectivity index (χ1v) is 13.3. The van der Waals surface area contributed by atoms with E-state index in [4.69, 9.17) is 28.4 Å². The van der Waals surface area contributed by atoms with E-state index in [1.807, 2.05) is 0 Å². The minimum absolute atomic E-state index is 0.0944. The first kappa shape index (κ1) is 29.4. The van der Waals surface area contributed by atoms with Crippen molar-refractivity contribution in [3.05, 3.63) is 78.0 Å². The molecule has 1 aromatic heterocycles. The first-order valence-electron chi connectivity index (χ1n) is 12.5. The monoisotopic (exact) mass is 582 g/mol. The highest BCUT2D eigenvalue weighted by Gasteiger charge is 2.35. The number of thiazole rings is 1. The highest BCUT2D eigenvalue weighted by molar-refractivity contribution is 7.07. The summed E-state index contributed by atoms with van der Waals surface area (Å²) >= 11 is 1.11. The van der Waals surface area contributed by atoms with Crippen LogP contribution in [0.1, 0.15) is 41.4 Å². The standard InChI is InChI=1S/C29H30N2O9S/c1-8-40-28(34)22-15(2)30-29-31(24(22)18-11-10-17(35-3)14-20(18)37-5)26(32)21(41-29)13-16-9-12-19(36-4)25(38-6)23(16)27(33)39-7/h9-14,24H,8H2,1-7H3/b21-13+/t24-/m0/s1. The van der Waals surface area contributed by atoms with Gasteiger partial charge < -0.3 is 28.4 Å². The molecular formula is C29H30N2O9S. The number of hydrogen-bond donors (Lipinski definition) is 0. The van der Waals surface area contributed by atoms with Crippen molar-refractivity contribution in [3.8, 4) is 23.0 Å². The molecule has 2 aromatic carbocycles. The van der Waals surface area contributed by atoms with Gasteiger partial charge in [-0.1, -0.05) is 17.4 Å². The van der Waals surface area contributed by atoms with Crippen LogP contribution in [0.2, 0.25) is 0 Å². The van der Waals surface area contributed by atoms with Crippen molar-refractivity contribution < 1.29 is 38.0 Å². The Labute approximate surface area is 239 Å². The Bertz CT molecular complexity index is 1720. The lowest BCUT2D eigenvalue weighted by Crippen LogP contribution is -2.40. The lowest BCUT2D eigenvalue weighted by atomic mass is 9.95. The van der Waals surface area contributed by atoms with Crippen molar-refractivity contribution in [2.24, 2.45) is 4.99 Å². The van der Waals surface area contributed by atoms with Gasteiger partial charge in [0.25, 0.3) is 5.56 Å². The maximum Gasteiger partial charge on any atom is 0.342 e. The van der Waals surface area contributed by atoms with Gasteiger partial charge in [-0.05, 0) is 43.7 Å². The number of aromatic nitrogens is 1. The number of hydrogen-bond acceptors (Lipinski definition) is 11. The predicted molar refractivity (Wildman–Crippen MR) is 151 cm³/mol. The number of nitrogens with zero attached hydrogens (tertiary/aromatic N) is 2.